The number of amides is 4. The van der Waals surface area contributed by atoms with Crippen LogP contribution >= 0.6 is 11.8 Å². The van der Waals surface area contributed by atoms with Crippen molar-refractivity contribution >= 4 is 35.3 Å². The van der Waals surface area contributed by atoms with Crippen LogP contribution in [0.15, 0.2) is 76.2 Å². The number of carbonyl (C=O) groups excluding carboxylic acids is 3. The van der Waals surface area contributed by atoms with Gasteiger partial charge in [-0.15, -0.1) is 0 Å². The van der Waals surface area contributed by atoms with Gasteiger partial charge in [0, 0.05) is 11.4 Å². The van der Waals surface area contributed by atoms with Gasteiger partial charge < -0.3 is 4.90 Å². The molecule has 0 saturated carbocycles. The number of carbonyl (C=O) groups is 3. The van der Waals surface area contributed by atoms with Crippen LogP contribution in [0.5, 0.6) is 0 Å². The van der Waals surface area contributed by atoms with Crippen molar-refractivity contribution in [3.63, 3.8) is 0 Å². The molecule has 1 aromatic rings. The van der Waals surface area contributed by atoms with Crippen molar-refractivity contribution in [1.29, 1.82) is 0 Å². The van der Waals surface area contributed by atoms with Gasteiger partial charge in [0.05, 0.1) is 10.7 Å². The Morgan fingerprint density at radius 2 is 1.62 bits per heavy atom. The molecule has 2 heterocycles. The van der Waals surface area contributed by atoms with Gasteiger partial charge in [0.25, 0.3) is 11.8 Å². The molecule has 0 radical (unpaired) electrons. The Bertz CT molecular complexity index is 862. The largest absolute Gasteiger partial charge is 0.335 e. The summed E-state index contributed by atoms with van der Waals surface area (Å²) in [5.41, 5.74) is 1.11. The van der Waals surface area contributed by atoms with Crippen molar-refractivity contribution in [3.05, 3.63) is 71.3 Å². The average molecular weight is 367 g/mol. The van der Waals surface area contributed by atoms with Crippen LogP contribution in [0.2, 0.25) is 0 Å². The quantitative estimate of drug-likeness (QED) is 0.486. The molecular weight excluding hydrogens is 350 g/mol. The Morgan fingerprint density at radius 3 is 2.31 bits per heavy atom. The molecule has 1 fully saturated rings. The van der Waals surface area contributed by atoms with Crippen molar-refractivity contribution in [2.45, 2.75) is 11.8 Å². The second-order valence-electron chi connectivity index (χ2n) is 5.41. The molecule has 0 bridgehead atoms. The number of hydrogen-bond donors (Lipinski definition) is 2. The normalized spacial score (nSPS) is 18.7. The Kier molecular flexibility index (Phi) is 5.38. The van der Waals surface area contributed by atoms with Crippen LogP contribution in [-0.2, 0) is 9.59 Å². The van der Waals surface area contributed by atoms with Crippen molar-refractivity contribution < 1.29 is 14.4 Å². The Balaban J connectivity index is 1.64. The number of barbiturate groups is 1. The van der Waals surface area contributed by atoms with Crippen LogP contribution in [-0.4, -0.2) is 24.4 Å². The minimum absolute atomic E-state index is 0.105. The molecular formula is C19H17N3O3S. The minimum Gasteiger partial charge on any atom is -0.335 e. The van der Waals surface area contributed by atoms with Crippen molar-refractivity contribution in [2.24, 2.45) is 0 Å². The first kappa shape index (κ1) is 17.8. The molecule has 1 aromatic carbocycles. The standard InChI is InChI=1S/C19H17N3O3S/c1-2-22-14-10-7-8-11-15(14)26-16(22)12-6-4-3-5-9-13-17(23)20-19(25)21-18(13)24/h3-12H,2H2,1H3,(H2,20,21,23,24,25)/b5-3+,6-4+,16-12-. The number of rotatable bonds is 4. The lowest BCUT2D eigenvalue weighted by molar-refractivity contribution is -0.124. The zero-order valence-corrected chi connectivity index (χ0v) is 14.9. The number of urea groups is 1. The van der Waals surface area contributed by atoms with Crippen LogP contribution in [0.1, 0.15) is 6.92 Å². The van der Waals surface area contributed by atoms with E-state index in [0.29, 0.717) is 0 Å². The lowest BCUT2D eigenvalue weighted by Crippen LogP contribution is -2.51. The number of allylic oxidation sites excluding steroid dienone is 6. The summed E-state index contributed by atoms with van der Waals surface area (Å²) >= 11 is 1.72. The highest BCUT2D eigenvalue weighted by Crippen LogP contribution is 2.45. The van der Waals surface area contributed by atoms with E-state index in [1.54, 1.807) is 23.9 Å². The summed E-state index contributed by atoms with van der Waals surface area (Å²) < 4.78 is 0. The molecule has 7 heteroatoms. The van der Waals surface area contributed by atoms with E-state index in [2.05, 4.69) is 24.0 Å². The zero-order valence-electron chi connectivity index (χ0n) is 14.1. The molecule has 1 saturated heterocycles. The number of fused-ring (bicyclic) bond motifs is 1. The summed E-state index contributed by atoms with van der Waals surface area (Å²) in [6.45, 7) is 2.99. The maximum atomic E-state index is 11.6. The molecule has 2 aliphatic rings. The topological polar surface area (TPSA) is 78.5 Å². The van der Waals surface area contributed by atoms with E-state index in [9.17, 15) is 14.4 Å². The Morgan fingerprint density at radius 1 is 0.962 bits per heavy atom. The maximum Gasteiger partial charge on any atom is 0.328 e. The number of hydrogen-bond acceptors (Lipinski definition) is 5. The fraction of sp³-hybridized carbons (Fsp3) is 0.105. The summed E-state index contributed by atoms with van der Waals surface area (Å²) in [6.07, 6.45) is 10.4. The lowest BCUT2D eigenvalue weighted by atomic mass is 10.2. The predicted octanol–water partition coefficient (Wildman–Crippen LogP) is 2.86. The minimum atomic E-state index is -0.803. The van der Waals surface area contributed by atoms with Gasteiger partial charge in [0.15, 0.2) is 0 Å². The van der Waals surface area contributed by atoms with Gasteiger partial charge in [0.2, 0.25) is 0 Å². The van der Waals surface area contributed by atoms with E-state index < -0.39 is 17.8 Å². The molecule has 0 aliphatic carbocycles. The predicted molar refractivity (Wildman–Crippen MR) is 101 cm³/mol. The third kappa shape index (κ3) is 3.78. The van der Waals surface area contributed by atoms with Gasteiger partial charge in [-0.3, -0.25) is 20.2 Å². The molecule has 4 amide bonds. The molecule has 0 unspecified atom stereocenters. The van der Waals surface area contributed by atoms with E-state index in [-0.39, 0.29) is 5.57 Å². The number of nitrogens with one attached hydrogen (secondary N) is 2. The van der Waals surface area contributed by atoms with Crippen molar-refractivity contribution in [1.82, 2.24) is 10.6 Å². The molecule has 2 N–H and O–H groups in total. The van der Waals surface area contributed by atoms with E-state index in [1.165, 1.54) is 16.7 Å². The Hall–Kier alpha value is -3.06. The molecule has 132 valence electrons. The van der Waals surface area contributed by atoms with Gasteiger partial charge in [-0.2, -0.15) is 0 Å². The SMILES string of the molecule is CCN1/C(=C/C=C/C=C/C=C2C(=O)NC(=O)NC2=O)Sc2ccccc21. The van der Waals surface area contributed by atoms with Crippen LogP contribution < -0.4 is 15.5 Å². The fourth-order valence-electron chi connectivity index (χ4n) is 2.55. The van der Waals surface area contributed by atoms with Crippen LogP contribution in [0.25, 0.3) is 0 Å². The van der Waals surface area contributed by atoms with E-state index in [4.69, 9.17) is 0 Å². The molecule has 26 heavy (non-hydrogen) atoms. The lowest BCUT2D eigenvalue weighted by Gasteiger charge is -2.17. The fourth-order valence-corrected chi connectivity index (χ4v) is 3.69. The smallest absolute Gasteiger partial charge is 0.328 e. The first-order valence-corrected chi connectivity index (χ1v) is 8.88. The number of para-hydroxylation sites is 1. The number of benzene rings is 1. The average Bonchev–Trinajstić information content (AvgIpc) is 2.97. The Labute approximate surface area is 155 Å². The van der Waals surface area contributed by atoms with Gasteiger partial charge in [0.1, 0.15) is 5.57 Å². The van der Waals surface area contributed by atoms with Gasteiger partial charge >= 0.3 is 6.03 Å². The van der Waals surface area contributed by atoms with Crippen LogP contribution in [0, 0.1) is 0 Å². The second-order valence-corrected chi connectivity index (χ2v) is 6.47. The molecule has 6 nitrogen and oxygen atoms in total. The summed E-state index contributed by atoms with van der Waals surface area (Å²) in [5, 5.41) is 5.18. The number of imide groups is 2. The summed E-state index contributed by atoms with van der Waals surface area (Å²) in [7, 11) is 0. The highest BCUT2D eigenvalue weighted by atomic mass is 32.2. The molecule has 3 rings (SSSR count). The van der Waals surface area contributed by atoms with Crippen LogP contribution in [0.3, 0.4) is 0 Å². The molecule has 2 aliphatic heterocycles. The summed E-state index contributed by atoms with van der Waals surface area (Å²) in [5.74, 6) is -1.40. The third-order valence-electron chi connectivity index (χ3n) is 3.73. The van der Waals surface area contributed by atoms with Gasteiger partial charge in [-0.05, 0) is 31.2 Å². The first-order valence-electron chi connectivity index (χ1n) is 8.06. The number of thioether (sulfide) groups is 1. The maximum absolute atomic E-state index is 11.6. The molecule has 0 aromatic heterocycles. The van der Waals surface area contributed by atoms with E-state index >= 15 is 0 Å². The second kappa shape index (κ2) is 7.88. The van der Waals surface area contributed by atoms with E-state index in [0.717, 1.165) is 11.6 Å². The molecule has 0 spiro atoms. The number of anilines is 1. The van der Waals surface area contributed by atoms with Gasteiger partial charge in [-0.1, -0.05) is 48.2 Å². The van der Waals surface area contributed by atoms with Gasteiger partial charge in [-0.25, -0.2) is 4.79 Å². The summed E-state index contributed by atoms with van der Waals surface area (Å²) in [6, 6.07) is 7.46. The monoisotopic (exact) mass is 367 g/mol. The highest BCUT2D eigenvalue weighted by molar-refractivity contribution is 8.03. The van der Waals surface area contributed by atoms with E-state index in [1.807, 2.05) is 41.0 Å². The molecule has 0 atom stereocenters. The number of nitrogens with zero attached hydrogens (tertiary/aromatic N) is 1. The van der Waals surface area contributed by atoms with Crippen molar-refractivity contribution in [3.8, 4) is 0 Å². The first-order chi connectivity index (χ1) is 12.6. The highest BCUT2D eigenvalue weighted by Gasteiger charge is 2.26. The zero-order chi connectivity index (χ0) is 18.5. The van der Waals surface area contributed by atoms with Crippen LogP contribution in [0.4, 0.5) is 10.5 Å². The van der Waals surface area contributed by atoms with Crippen molar-refractivity contribution in [2.75, 3.05) is 11.4 Å². The third-order valence-corrected chi connectivity index (χ3v) is 4.86. The summed E-state index contributed by atoms with van der Waals surface area (Å²) in [4.78, 5) is 37.6.